The summed E-state index contributed by atoms with van der Waals surface area (Å²) in [6.07, 6.45) is 10.3. The molecule has 0 spiro atoms. The fourth-order valence-electron chi connectivity index (χ4n) is 3.75. The maximum atomic E-state index is 4.77. The summed E-state index contributed by atoms with van der Waals surface area (Å²) in [5.41, 5.74) is 12.4. The molecular weight excluding hydrogens is 362 g/mol. The molecule has 3 aromatic rings. The molecule has 0 saturated heterocycles. The van der Waals surface area contributed by atoms with Crippen LogP contribution in [0.15, 0.2) is 54.3 Å². The second-order valence-corrected chi connectivity index (χ2v) is 7.37. The average Bonchev–Trinajstić information content (AvgIpc) is 3.07. The van der Waals surface area contributed by atoms with Crippen molar-refractivity contribution >= 4 is 16.9 Å². The summed E-state index contributed by atoms with van der Waals surface area (Å²) in [7, 11) is 1.93. The van der Waals surface area contributed by atoms with Crippen LogP contribution in [-0.2, 0) is 7.05 Å². The van der Waals surface area contributed by atoms with E-state index in [4.69, 9.17) is 4.98 Å². The van der Waals surface area contributed by atoms with E-state index in [1.807, 2.05) is 49.4 Å². The molecule has 0 aromatic carbocycles. The first-order valence-corrected chi connectivity index (χ1v) is 10.0. The number of aromatic nitrogens is 4. The summed E-state index contributed by atoms with van der Waals surface area (Å²) in [5, 5.41) is 7.80. The van der Waals surface area contributed by atoms with Crippen LogP contribution in [0.3, 0.4) is 0 Å². The molecule has 0 atom stereocenters. The van der Waals surface area contributed by atoms with Gasteiger partial charge in [0.25, 0.3) is 0 Å². The molecule has 3 N–H and O–H groups in total. The Balaban J connectivity index is 1.62. The first-order chi connectivity index (χ1) is 14.1. The highest BCUT2D eigenvalue weighted by Gasteiger charge is 2.13. The third kappa shape index (κ3) is 3.94. The lowest BCUT2D eigenvalue weighted by Gasteiger charge is -2.22. The van der Waals surface area contributed by atoms with E-state index in [0.717, 1.165) is 52.3 Å². The fourth-order valence-corrected chi connectivity index (χ4v) is 3.75. The number of allylic oxidation sites excluding steroid dienone is 2. The Hall–Kier alpha value is -3.35. The van der Waals surface area contributed by atoms with Crippen LogP contribution in [0.4, 0.5) is 5.82 Å². The zero-order valence-electron chi connectivity index (χ0n) is 17.3. The Morgan fingerprint density at radius 3 is 2.72 bits per heavy atom. The summed E-state index contributed by atoms with van der Waals surface area (Å²) in [5.74, 6) is 2.19. The van der Waals surface area contributed by atoms with Crippen LogP contribution in [0.2, 0.25) is 0 Å². The van der Waals surface area contributed by atoms with Crippen molar-refractivity contribution in [1.82, 2.24) is 30.6 Å². The molecule has 7 heteroatoms. The molecule has 0 fully saturated rings. The van der Waals surface area contributed by atoms with Gasteiger partial charge in [0.05, 0.1) is 16.7 Å². The number of anilines is 1. The second kappa shape index (κ2) is 7.95. The van der Waals surface area contributed by atoms with Gasteiger partial charge in [0.2, 0.25) is 0 Å². The van der Waals surface area contributed by atoms with Crippen LogP contribution in [-0.4, -0.2) is 19.7 Å². The van der Waals surface area contributed by atoms with Gasteiger partial charge < -0.3 is 10.7 Å². The molecule has 7 nitrogen and oxygen atoms in total. The number of nitrogens with zero attached hydrogens (tertiary/aromatic N) is 4. The summed E-state index contributed by atoms with van der Waals surface area (Å²) in [6.45, 7) is 6.44. The lowest BCUT2D eigenvalue weighted by atomic mass is 9.94. The maximum Gasteiger partial charge on any atom is 0.132 e. The van der Waals surface area contributed by atoms with Crippen molar-refractivity contribution in [3.8, 4) is 11.1 Å². The molecule has 4 rings (SSSR count). The first-order valence-electron chi connectivity index (χ1n) is 10.0. The lowest BCUT2D eigenvalue weighted by molar-refractivity contribution is 0.564. The molecule has 4 heterocycles. The number of nitrogens with one attached hydrogen (secondary N) is 3. The molecule has 150 valence electrons. The predicted molar refractivity (Wildman–Crippen MR) is 117 cm³/mol. The maximum absolute atomic E-state index is 4.77. The molecule has 1 aliphatic rings. The molecule has 0 unspecified atom stereocenters. The van der Waals surface area contributed by atoms with Crippen molar-refractivity contribution < 1.29 is 0 Å². The minimum Gasteiger partial charge on any atom is -0.325 e. The number of aryl methyl sites for hydroxylation is 2. The third-order valence-corrected chi connectivity index (χ3v) is 5.34. The molecular formula is C22H27N7. The highest BCUT2D eigenvalue weighted by molar-refractivity contribution is 5.82. The zero-order valence-corrected chi connectivity index (χ0v) is 17.3. The summed E-state index contributed by atoms with van der Waals surface area (Å²) < 4.78 is 1.82. The van der Waals surface area contributed by atoms with Crippen molar-refractivity contribution in [2.45, 2.75) is 33.6 Å². The molecule has 3 aromatic heterocycles. The van der Waals surface area contributed by atoms with Gasteiger partial charge in [-0.2, -0.15) is 5.10 Å². The van der Waals surface area contributed by atoms with Gasteiger partial charge in [-0.1, -0.05) is 13.8 Å². The number of hydrazine groups is 1. The van der Waals surface area contributed by atoms with Gasteiger partial charge in [-0.3, -0.25) is 15.1 Å². The molecule has 1 aliphatic heterocycles. The molecule has 0 amide bonds. The standard InChI is InChI=1S/C22H27N7/c1-5-15(6-2)16-10-22(27-24-12-16)26-21-8-7-19-20(25-21)9-17(11-23-19)18-13-29(4)28-14(18)3/h7-13,15,24,27H,5-6H2,1-4H3,(H,25,26). The van der Waals surface area contributed by atoms with Gasteiger partial charge in [-0.25, -0.2) is 4.98 Å². The van der Waals surface area contributed by atoms with Crippen LogP contribution in [0, 0.1) is 12.8 Å². The minimum atomic E-state index is 0.542. The number of pyridine rings is 2. The van der Waals surface area contributed by atoms with E-state index < -0.39 is 0 Å². The molecule has 0 aliphatic carbocycles. The molecule has 0 radical (unpaired) electrons. The Morgan fingerprint density at radius 1 is 1.17 bits per heavy atom. The fraction of sp³-hybridized carbons (Fsp3) is 0.318. The average molecular weight is 390 g/mol. The van der Waals surface area contributed by atoms with Gasteiger partial charge in [-0.05, 0) is 55.5 Å². The van der Waals surface area contributed by atoms with E-state index >= 15 is 0 Å². The summed E-state index contributed by atoms with van der Waals surface area (Å²) in [6, 6.07) is 5.99. The van der Waals surface area contributed by atoms with Crippen molar-refractivity contribution in [3.05, 3.63) is 60.0 Å². The summed E-state index contributed by atoms with van der Waals surface area (Å²) >= 11 is 0. The highest BCUT2D eigenvalue weighted by atomic mass is 15.4. The van der Waals surface area contributed by atoms with Crippen molar-refractivity contribution in [3.63, 3.8) is 0 Å². The molecule has 29 heavy (non-hydrogen) atoms. The van der Waals surface area contributed by atoms with Gasteiger partial charge in [0.15, 0.2) is 0 Å². The number of fused-ring (bicyclic) bond motifs is 1. The Bertz CT molecular complexity index is 1090. The number of hydrogen-bond acceptors (Lipinski definition) is 6. The minimum absolute atomic E-state index is 0.542. The Kier molecular flexibility index (Phi) is 5.20. The summed E-state index contributed by atoms with van der Waals surface area (Å²) in [4.78, 5) is 9.35. The van der Waals surface area contributed by atoms with E-state index in [0.29, 0.717) is 5.92 Å². The topological polar surface area (TPSA) is 79.7 Å². The quantitative estimate of drug-likeness (QED) is 0.591. The van der Waals surface area contributed by atoms with Crippen molar-refractivity contribution in [1.29, 1.82) is 0 Å². The van der Waals surface area contributed by atoms with Crippen LogP contribution < -0.4 is 16.2 Å². The number of hydrogen-bond donors (Lipinski definition) is 3. The smallest absolute Gasteiger partial charge is 0.132 e. The largest absolute Gasteiger partial charge is 0.325 e. The Morgan fingerprint density at radius 2 is 2.00 bits per heavy atom. The SMILES string of the molecule is CCC(CC)C1=CNNC(Nc2ccc3ncc(-c4cn(C)nc4C)cc3n2)=C1. The first kappa shape index (κ1) is 19.0. The van der Waals surface area contributed by atoms with E-state index in [9.17, 15) is 0 Å². The third-order valence-electron chi connectivity index (χ3n) is 5.34. The predicted octanol–water partition coefficient (Wildman–Crippen LogP) is 4.02. The van der Waals surface area contributed by atoms with Crippen LogP contribution in [0.5, 0.6) is 0 Å². The van der Waals surface area contributed by atoms with E-state index in [-0.39, 0.29) is 0 Å². The highest BCUT2D eigenvalue weighted by Crippen LogP contribution is 2.26. The normalized spacial score (nSPS) is 13.7. The van der Waals surface area contributed by atoms with Crippen molar-refractivity contribution in [2.24, 2.45) is 13.0 Å². The zero-order chi connectivity index (χ0) is 20.4. The van der Waals surface area contributed by atoms with Gasteiger partial charge >= 0.3 is 0 Å². The Labute approximate surface area is 170 Å². The van der Waals surface area contributed by atoms with Gasteiger partial charge in [0.1, 0.15) is 11.6 Å². The lowest BCUT2D eigenvalue weighted by Crippen LogP contribution is -2.34. The van der Waals surface area contributed by atoms with Gasteiger partial charge in [0, 0.05) is 36.8 Å². The van der Waals surface area contributed by atoms with Crippen LogP contribution in [0.25, 0.3) is 22.2 Å². The second-order valence-electron chi connectivity index (χ2n) is 7.37. The van der Waals surface area contributed by atoms with E-state index in [1.54, 1.807) is 0 Å². The monoisotopic (exact) mass is 389 g/mol. The van der Waals surface area contributed by atoms with Crippen molar-refractivity contribution in [2.75, 3.05) is 5.32 Å². The van der Waals surface area contributed by atoms with E-state index in [2.05, 4.69) is 52.2 Å². The molecule has 0 bridgehead atoms. The number of rotatable bonds is 6. The van der Waals surface area contributed by atoms with E-state index in [1.165, 1.54) is 5.57 Å². The van der Waals surface area contributed by atoms with Gasteiger partial charge in [-0.15, -0.1) is 0 Å². The van der Waals surface area contributed by atoms with Crippen LogP contribution >= 0.6 is 0 Å². The van der Waals surface area contributed by atoms with Crippen LogP contribution in [0.1, 0.15) is 32.4 Å². The molecule has 0 saturated carbocycles.